The quantitative estimate of drug-likeness (QED) is 0.677. The van der Waals surface area contributed by atoms with E-state index in [-0.39, 0.29) is 5.69 Å². The first-order valence-electron chi connectivity index (χ1n) is 3.14. The zero-order valence-electron chi connectivity index (χ0n) is 6.12. The van der Waals surface area contributed by atoms with Gasteiger partial charge in [-0.3, -0.25) is 0 Å². The SMILES string of the molecule is Nc1ccc(Cl)c(C(F)(F)F)c1Cl. The molecule has 0 aliphatic carbocycles. The third kappa shape index (κ3) is 2.00. The Balaban J connectivity index is 3.43. The first-order chi connectivity index (χ1) is 5.84. The van der Waals surface area contributed by atoms with Crippen molar-refractivity contribution in [1.29, 1.82) is 0 Å². The lowest BCUT2D eigenvalue weighted by molar-refractivity contribution is -0.137. The summed E-state index contributed by atoms with van der Waals surface area (Å²) in [5.41, 5.74) is 3.97. The number of hydrogen-bond donors (Lipinski definition) is 1. The summed E-state index contributed by atoms with van der Waals surface area (Å²) in [6.07, 6.45) is -4.58. The molecule has 6 heteroatoms. The molecule has 0 fully saturated rings. The maximum absolute atomic E-state index is 12.3. The first kappa shape index (κ1) is 10.5. The average Bonchev–Trinajstić information content (AvgIpc) is 1.95. The van der Waals surface area contributed by atoms with E-state index in [1.54, 1.807) is 0 Å². The van der Waals surface area contributed by atoms with E-state index in [4.69, 9.17) is 28.9 Å². The highest BCUT2D eigenvalue weighted by Crippen LogP contribution is 2.41. The highest BCUT2D eigenvalue weighted by Gasteiger charge is 2.36. The summed E-state index contributed by atoms with van der Waals surface area (Å²) >= 11 is 10.7. The number of halogens is 5. The molecular formula is C7H4Cl2F3N. The summed E-state index contributed by atoms with van der Waals surface area (Å²) in [5, 5.41) is -1.01. The molecule has 13 heavy (non-hydrogen) atoms. The summed E-state index contributed by atoms with van der Waals surface area (Å²) in [4.78, 5) is 0. The van der Waals surface area contributed by atoms with Crippen LogP contribution in [0.4, 0.5) is 18.9 Å². The van der Waals surface area contributed by atoms with E-state index in [0.29, 0.717) is 0 Å². The van der Waals surface area contributed by atoms with Crippen molar-refractivity contribution in [3.63, 3.8) is 0 Å². The summed E-state index contributed by atoms with van der Waals surface area (Å²) in [6.45, 7) is 0. The molecule has 0 heterocycles. The Bertz CT molecular complexity index is 335. The maximum atomic E-state index is 12.3. The van der Waals surface area contributed by atoms with Crippen molar-refractivity contribution in [3.05, 3.63) is 27.7 Å². The molecule has 0 saturated heterocycles. The molecule has 0 aromatic heterocycles. The molecule has 1 rings (SSSR count). The van der Waals surface area contributed by atoms with E-state index in [2.05, 4.69) is 0 Å². The Morgan fingerprint density at radius 1 is 1.15 bits per heavy atom. The summed E-state index contributed by atoms with van der Waals surface area (Å²) in [6, 6.07) is 2.28. The molecule has 0 aliphatic rings. The molecule has 72 valence electrons. The van der Waals surface area contributed by atoms with Gasteiger partial charge < -0.3 is 5.73 Å². The molecule has 1 aromatic carbocycles. The van der Waals surface area contributed by atoms with E-state index in [0.717, 1.165) is 6.07 Å². The fraction of sp³-hybridized carbons (Fsp3) is 0.143. The van der Waals surface area contributed by atoms with E-state index in [9.17, 15) is 13.2 Å². The zero-order valence-corrected chi connectivity index (χ0v) is 7.63. The number of rotatable bonds is 0. The van der Waals surface area contributed by atoms with E-state index in [1.165, 1.54) is 6.07 Å². The Hall–Kier alpha value is -0.610. The first-order valence-corrected chi connectivity index (χ1v) is 3.90. The minimum absolute atomic E-state index is 0.140. The molecule has 0 saturated carbocycles. The molecule has 1 aromatic rings. The largest absolute Gasteiger partial charge is 0.419 e. The molecule has 0 bridgehead atoms. The summed E-state index contributed by atoms with van der Waals surface area (Å²) in [7, 11) is 0. The second kappa shape index (κ2) is 3.27. The van der Waals surface area contributed by atoms with E-state index >= 15 is 0 Å². The lowest BCUT2D eigenvalue weighted by Gasteiger charge is -2.11. The fourth-order valence-corrected chi connectivity index (χ4v) is 1.41. The number of nitrogens with two attached hydrogens (primary N) is 1. The van der Waals surface area contributed by atoms with Crippen molar-refractivity contribution in [1.82, 2.24) is 0 Å². The van der Waals surface area contributed by atoms with Gasteiger partial charge >= 0.3 is 6.18 Å². The van der Waals surface area contributed by atoms with Gasteiger partial charge in [-0.1, -0.05) is 23.2 Å². The standard InChI is InChI=1S/C7H4Cl2F3N/c8-3-1-2-4(13)6(9)5(3)7(10,11)12/h1-2H,13H2. The number of alkyl halides is 3. The lowest BCUT2D eigenvalue weighted by atomic mass is 10.2. The average molecular weight is 230 g/mol. The Labute approximate surface area is 82.2 Å². The van der Waals surface area contributed by atoms with Crippen LogP contribution in [0.3, 0.4) is 0 Å². The molecule has 0 atom stereocenters. The normalized spacial score (nSPS) is 11.8. The van der Waals surface area contributed by atoms with Crippen LogP contribution in [0.1, 0.15) is 5.56 Å². The molecule has 0 aliphatic heterocycles. The second-order valence-electron chi connectivity index (χ2n) is 2.32. The molecule has 1 nitrogen and oxygen atoms in total. The van der Waals surface area contributed by atoms with Crippen LogP contribution in [0.5, 0.6) is 0 Å². The molecule has 0 amide bonds. The van der Waals surface area contributed by atoms with Gasteiger partial charge in [0.15, 0.2) is 0 Å². The summed E-state index contributed by atoms with van der Waals surface area (Å²) < 4.78 is 36.8. The molecule has 0 radical (unpaired) electrons. The lowest BCUT2D eigenvalue weighted by Crippen LogP contribution is -2.08. The van der Waals surface area contributed by atoms with Crippen LogP contribution in [0, 0.1) is 0 Å². The van der Waals surface area contributed by atoms with Crippen molar-refractivity contribution in [2.45, 2.75) is 6.18 Å². The van der Waals surface area contributed by atoms with Gasteiger partial charge in [-0.2, -0.15) is 13.2 Å². The van der Waals surface area contributed by atoms with Crippen molar-refractivity contribution < 1.29 is 13.2 Å². The molecule has 0 unspecified atom stereocenters. The van der Waals surface area contributed by atoms with Crippen LogP contribution in [-0.2, 0) is 6.18 Å². The van der Waals surface area contributed by atoms with Gasteiger partial charge in [0, 0.05) is 0 Å². The predicted molar refractivity (Wildman–Crippen MR) is 45.9 cm³/mol. The van der Waals surface area contributed by atoms with Crippen molar-refractivity contribution in [3.8, 4) is 0 Å². The third-order valence-electron chi connectivity index (χ3n) is 1.40. The van der Waals surface area contributed by atoms with Gasteiger partial charge in [-0.05, 0) is 12.1 Å². The highest BCUT2D eigenvalue weighted by atomic mass is 35.5. The zero-order chi connectivity index (χ0) is 10.2. The van der Waals surface area contributed by atoms with E-state index in [1.807, 2.05) is 0 Å². The van der Waals surface area contributed by atoms with Crippen LogP contribution < -0.4 is 5.73 Å². The van der Waals surface area contributed by atoms with Gasteiger partial charge in [0.2, 0.25) is 0 Å². The molecule has 0 spiro atoms. The minimum atomic E-state index is -4.58. The van der Waals surface area contributed by atoms with Gasteiger partial charge in [0.25, 0.3) is 0 Å². The van der Waals surface area contributed by atoms with Gasteiger partial charge in [-0.25, -0.2) is 0 Å². The van der Waals surface area contributed by atoms with Crippen molar-refractivity contribution in [2.75, 3.05) is 5.73 Å². The minimum Gasteiger partial charge on any atom is -0.398 e. The molecule has 2 N–H and O–H groups in total. The second-order valence-corrected chi connectivity index (χ2v) is 3.11. The van der Waals surface area contributed by atoms with E-state index < -0.39 is 21.8 Å². The van der Waals surface area contributed by atoms with Crippen LogP contribution in [0.15, 0.2) is 12.1 Å². The van der Waals surface area contributed by atoms with Gasteiger partial charge in [0.05, 0.1) is 21.3 Å². The fourth-order valence-electron chi connectivity index (χ4n) is 0.828. The molecular weight excluding hydrogens is 226 g/mol. The number of hydrogen-bond acceptors (Lipinski definition) is 1. The van der Waals surface area contributed by atoms with Crippen molar-refractivity contribution >= 4 is 28.9 Å². The van der Waals surface area contributed by atoms with Gasteiger partial charge in [0.1, 0.15) is 0 Å². The number of nitrogen functional groups attached to an aromatic ring is 1. The van der Waals surface area contributed by atoms with Crippen LogP contribution in [0.25, 0.3) is 0 Å². The summed E-state index contributed by atoms with van der Waals surface area (Å²) in [5.74, 6) is 0. The third-order valence-corrected chi connectivity index (χ3v) is 2.13. The Morgan fingerprint density at radius 3 is 2.08 bits per heavy atom. The van der Waals surface area contributed by atoms with Crippen LogP contribution in [-0.4, -0.2) is 0 Å². The number of anilines is 1. The van der Waals surface area contributed by atoms with Crippen LogP contribution in [0.2, 0.25) is 10.0 Å². The van der Waals surface area contributed by atoms with Crippen LogP contribution >= 0.6 is 23.2 Å². The monoisotopic (exact) mass is 229 g/mol. The number of benzene rings is 1. The predicted octanol–water partition coefficient (Wildman–Crippen LogP) is 3.59. The van der Waals surface area contributed by atoms with Crippen molar-refractivity contribution in [2.24, 2.45) is 0 Å². The topological polar surface area (TPSA) is 26.0 Å². The van der Waals surface area contributed by atoms with Gasteiger partial charge in [-0.15, -0.1) is 0 Å². The maximum Gasteiger partial charge on any atom is 0.419 e. The smallest absolute Gasteiger partial charge is 0.398 e. The highest BCUT2D eigenvalue weighted by molar-refractivity contribution is 6.37. The Morgan fingerprint density at radius 2 is 1.69 bits per heavy atom. The Kier molecular flexibility index (Phi) is 2.63.